The molecule has 1 aliphatic rings. The largest absolute Gasteiger partial charge is 0.480 e. The van der Waals surface area contributed by atoms with Gasteiger partial charge in [0.1, 0.15) is 10.9 Å². The summed E-state index contributed by atoms with van der Waals surface area (Å²) in [7, 11) is 0. The molecular formula is C13H16N2O3S. The normalized spacial score (nSPS) is 15.8. The van der Waals surface area contributed by atoms with Gasteiger partial charge in [0.15, 0.2) is 0 Å². The minimum atomic E-state index is -1.05. The third-order valence-electron chi connectivity index (χ3n) is 2.83. The van der Waals surface area contributed by atoms with Crippen molar-refractivity contribution in [3.63, 3.8) is 0 Å². The van der Waals surface area contributed by atoms with Gasteiger partial charge in [0.25, 0.3) is 5.91 Å². The Morgan fingerprint density at radius 3 is 2.84 bits per heavy atom. The summed E-state index contributed by atoms with van der Waals surface area (Å²) in [6.07, 6.45) is 4.01. The van der Waals surface area contributed by atoms with Crippen LogP contribution >= 0.6 is 11.3 Å². The van der Waals surface area contributed by atoms with E-state index >= 15 is 0 Å². The maximum atomic E-state index is 12.0. The maximum absolute atomic E-state index is 12.0. The summed E-state index contributed by atoms with van der Waals surface area (Å²) in [5.74, 6) is -0.932. The summed E-state index contributed by atoms with van der Waals surface area (Å²) in [5, 5.41) is 12.5. The van der Waals surface area contributed by atoms with Gasteiger partial charge in [0, 0.05) is 5.92 Å². The number of nitrogens with zero attached hydrogens (tertiary/aromatic N) is 1. The Labute approximate surface area is 115 Å². The Morgan fingerprint density at radius 1 is 1.63 bits per heavy atom. The van der Waals surface area contributed by atoms with Crippen LogP contribution in [0.1, 0.15) is 46.8 Å². The monoisotopic (exact) mass is 280 g/mol. The first-order valence-electron chi connectivity index (χ1n) is 6.11. The average molecular weight is 280 g/mol. The Morgan fingerprint density at radius 2 is 2.32 bits per heavy atom. The van der Waals surface area contributed by atoms with E-state index < -0.39 is 12.0 Å². The predicted octanol–water partition coefficient (Wildman–Crippen LogP) is 2.17. The van der Waals surface area contributed by atoms with Crippen molar-refractivity contribution in [2.45, 2.75) is 38.1 Å². The van der Waals surface area contributed by atoms with Gasteiger partial charge in [-0.05, 0) is 26.2 Å². The van der Waals surface area contributed by atoms with Crippen molar-refractivity contribution >= 4 is 23.2 Å². The van der Waals surface area contributed by atoms with E-state index in [0.29, 0.717) is 10.8 Å². The van der Waals surface area contributed by atoms with Gasteiger partial charge < -0.3 is 10.4 Å². The number of hydrogen-bond donors (Lipinski definition) is 2. The van der Waals surface area contributed by atoms with E-state index in [1.54, 1.807) is 6.92 Å². The molecule has 1 unspecified atom stereocenters. The highest BCUT2D eigenvalue weighted by Crippen LogP contribution is 2.41. The zero-order valence-electron chi connectivity index (χ0n) is 10.7. The molecule has 0 saturated heterocycles. The molecule has 0 aliphatic heterocycles. The zero-order valence-corrected chi connectivity index (χ0v) is 11.5. The highest BCUT2D eigenvalue weighted by molar-refractivity contribution is 7.13. The molecule has 1 fully saturated rings. The summed E-state index contributed by atoms with van der Waals surface area (Å²) >= 11 is 1.35. The van der Waals surface area contributed by atoms with Crippen molar-refractivity contribution in [1.29, 1.82) is 0 Å². The third kappa shape index (κ3) is 3.64. The minimum Gasteiger partial charge on any atom is -0.480 e. The molecule has 6 heteroatoms. The highest BCUT2D eigenvalue weighted by Gasteiger charge is 2.28. The summed E-state index contributed by atoms with van der Waals surface area (Å²) < 4.78 is 0. The van der Waals surface area contributed by atoms with Crippen LogP contribution in [-0.2, 0) is 4.79 Å². The fourth-order valence-corrected chi connectivity index (χ4v) is 2.68. The number of carboxylic acids is 1. The fourth-order valence-electron chi connectivity index (χ4n) is 1.69. The molecule has 0 spiro atoms. The SMILES string of the molecule is C=C(C)CC(NC(=O)c1cnc(C2CC2)s1)C(=O)O. The van der Waals surface area contributed by atoms with Gasteiger partial charge in [0.05, 0.1) is 11.2 Å². The van der Waals surface area contributed by atoms with Crippen molar-refractivity contribution in [3.8, 4) is 0 Å². The van der Waals surface area contributed by atoms with Crippen molar-refractivity contribution in [3.05, 3.63) is 28.2 Å². The van der Waals surface area contributed by atoms with Gasteiger partial charge in [-0.2, -0.15) is 0 Å². The molecule has 0 radical (unpaired) electrons. The van der Waals surface area contributed by atoms with E-state index in [1.165, 1.54) is 17.5 Å². The van der Waals surface area contributed by atoms with E-state index in [9.17, 15) is 9.59 Å². The van der Waals surface area contributed by atoms with Gasteiger partial charge in [0.2, 0.25) is 0 Å². The molecule has 1 heterocycles. The first-order chi connectivity index (χ1) is 8.97. The van der Waals surface area contributed by atoms with Gasteiger partial charge in [-0.3, -0.25) is 4.79 Å². The fraction of sp³-hybridized carbons (Fsp3) is 0.462. The van der Waals surface area contributed by atoms with Gasteiger partial charge in [-0.15, -0.1) is 17.9 Å². The topological polar surface area (TPSA) is 79.3 Å². The van der Waals surface area contributed by atoms with Crippen LogP contribution in [0.4, 0.5) is 0 Å². The first-order valence-corrected chi connectivity index (χ1v) is 6.92. The molecule has 102 valence electrons. The van der Waals surface area contributed by atoms with Crippen LogP contribution in [0.15, 0.2) is 18.3 Å². The summed E-state index contributed by atoms with van der Waals surface area (Å²) in [5.41, 5.74) is 0.718. The quantitative estimate of drug-likeness (QED) is 0.783. The highest BCUT2D eigenvalue weighted by atomic mass is 32.1. The lowest BCUT2D eigenvalue weighted by Crippen LogP contribution is -2.40. The lowest BCUT2D eigenvalue weighted by atomic mass is 10.1. The minimum absolute atomic E-state index is 0.232. The lowest BCUT2D eigenvalue weighted by Gasteiger charge is -2.13. The van der Waals surface area contributed by atoms with Gasteiger partial charge >= 0.3 is 5.97 Å². The van der Waals surface area contributed by atoms with Gasteiger partial charge in [-0.25, -0.2) is 9.78 Å². The molecule has 1 aromatic rings. The molecule has 0 bridgehead atoms. The Kier molecular flexibility index (Phi) is 3.99. The van der Waals surface area contributed by atoms with E-state index in [2.05, 4.69) is 16.9 Å². The molecule has 2 rings (SSSR count). The molecule has 0 aromatic carbocycles. The molecule has 1 atom stereocenters. The second-order valence-corrected chi connectivity index (χ2v) is 5.92. The molecular weight excluding hydrogens is 264 g/mol. The van der Waals surface area contributed by atoms with Crippen molar-refractivity contribution in [2.75, 3.05) is 0 Å². The lowest BCUT2D eigenvalue weighted by molar-refractivity contribution is -0.139. The molecule has 1 aromatic heterocycles. The van der Waals surface area contributed by atoms with Crippen molar-refractivity contribution < 1.29 is 14.7 Å². The number of carbonyl (C=O) groups excluding carboxylic acids is 1. The number of carboxylic acid groups (broad SMARTS) is 1. The smallest absolute Gasteiger partial charge is 0.326 e. The summed E-state index contributed by atoms with van der Waals surface area (Å²) in [4.78, 5) is 27.7. The number of hydrogen-bond acceptors (Lipinski definition) is 4. The van der Waals surface area contributed by atoms with Gasteiger partial charge in [-0.1, -0.05) is 5.57 Å². The van der Waals surface area contributed by atoms with Crippen LogP contribution in [-0.4, -0.2) is 28.0 Å². The second-order valence-electron chi connectivity index (χ2n) is 4.86. The van der Waals surface area contributed by atoms with E-state index in [1.807, 2.05) is 0 Å². The van der Waals surface area contributed by atoms with Crippen LogP contribution in [0, 0.1) is 0 Å². The van der Waals surface area contributed by atoms with E-state index in [0.717, 1.165) is 23.4 Å². The van der Waals surface area contributed by atoms with E-state index in [-0.39, 0.29) is 12.3 Å². The average Bonchev–Trinajstić information content (AvgIpc) is 3.05. The number of thiazole rings is 1. The predicted molar refractivity (Wildman–Crippen MR) is 72.4 cm³/mol. The summed E-state index contributed by atoms with van der Waals surface area (Å²) in [6, 6.07) is -0.934. The number of nitrogens with one attached hydrogen (secondary N) is 1. The standard InChI is InChI=1S/C13H16N2O3S/c1-7(2)5-9(13(17)18)15-11(16)10-6-14-12(19-10)8-3-4-8/h6,8-9H,1,3-5H2,2H3,(H,15,16)(H,17,18). The number of carbonyl (C=O) groups is 2. The second kappa shape index (κ2) is 5.52. The van der Waals surface area contributed by atoms with E-state index in [4.69, 9.17) is 5.11 Å². The summed E-state index contributed by atoms with van der Waals surface area (Å²) in [6.45, 7) is 5.40. The van der Waals surface area contributed by atoms with Crippen LogP contribution in [0.3, 0.4) is 0 Å². The third-order valence-corrected chi connectivity index (χ3v) is 3.99. The Bertz CT molecular complexity index is 520. The van der Waals surface area contributed by atoms with Crippen LogP contribution in [0.5, 0.6) is 0 Å². The van der Waals surface area contributed by atoms with Crippen LogP contribution in [0.2, 0.25) is 0 Å². The Balaban J connectivity index is 2.00. The molecule has 5 nitrogen and oxygen atoms in total. The number of aromatic nitrogens is 1. The molecule has 2 N–H and O–H groups in total. The number of rotatable bonds is 6. The van der Waals surface area contributed by atoms with Crippen LogP contribution in [0.25, 0.3) is 0 Å². The van der Waals surface area contributed by atoms with Crippen LogP contribution < -0.4 is 5.32 Å². The maximum Gasteiger partial charge on any atom is 0.326 e. The first kappa shape index (κ1) is 13.7. The number of amides is 1. The molecule has 1 aliphatic carbocycles. The molecule has 19 heavy (non-hydrogen) atoms. The number of aliphatic carboxylic acids is 1. The zero-order chi connectivity index (χ0) is 14.0. The van der Waals surface area contributed by atoms with Crippen molar-refractivity contribution in [1.82, 2.24) is 10.3 Å². The Hall–Kier alpha value is -1.69. The molecule has 1 amide bonds. The van der Waals surface area contributed by atoms with Crippen molar-refractivity contribution in [2.24, 2.45) is 0 Å². The molecule has 1 saturated carbocycles.